The number of carbonyl (C=O) groups is 1. The van der Waals surface area contributed by atoms with Gasteiger partial charge in [0, 0.05) is 17.8 Å². The van der Waals surface area contributed by atoms with Crippen molar-refractivity contribution in [3.63, 3.8) is 0 Å². The molecule has 1 heterocycles. The summed E-state index contributed by atoms with van der Waals surface area (Å²) in [6, 6.07) is -0.643. The van der Waals surface area contributed by atoms with Gasteiger partial charge in [0.05, 0.1) is 6.04 Å². The Morgan fingerprint density at radius 1 is 1.59 bits per heavy atom. The Morgan fingerprint density at radius 3 is 2.94 bits per heavy atom. The van der Waals surface area contributed by atoms with E-state index in [0.29, 0.717) is 12.8 Å². The highest BCUT2D eigenvalue weighted by Crippen LogP contribution is 2.18. The monoisotopic (exact) mass is 236 g/mol. The minimum Gasteiger partial charge on any atom is -0.307 e. The number of nitrogens with zero attached hydrogens (tertiary/aromatic N) is 1. The molecule has 2 rings (SSSR count). The molecule has 0 saturated carbocycles. The molecule has 1 N–H and O–H groups in total. The molecule has 1 aliphatic heterocycles. The first kappa shape index (κ1) is 12.0. The maximum absolute atomic E-state index is 11.9. The Labute approximate surface area is 99.7 Å². The van der Waals surface area contributed by atoms with Crippen LogP contribution in [0.1, 0.15) is 25.7 Å². The molecular weight excluding hydrogens is 220 g/mol. The van der Waals surface area contributed by atoms with Crippen molar-refractivity contribution in [1.82, 2.24) is 5.32 Å². The van der Waals surface area contributed by atoms with Crippen LogP contribution in [0.2, 0.25) is 0 Å². The molecule has 1 unspecified atom stereocenters. The molecule has 1 saturated heterocycles. The number of rotatable bonds is 4. The fraction of sp³-hybridized carbons (Fsp3) is 0.583. The van der Waals surface area contributed by atoms with Gasteiger partial charge in [-0.1, -0.05) is 12.2 Å². The van der Waals surface area contributed by atoms with Crippen LogP contribution in [0.15, 0.2) is 23.8 Å². The van der Waals surface area contributed by atoms with E-state index in [4.69, 9.17) is 0 Å². The molecule has 92 valence electrons. The molecule has 0 aromatic heterocycles. The number of allylic oxidation sites excluding steroid dienone is 2. The molecule has 2 atom stereocenters. The molecule has 0 radical (unpaired) electrons. The third-order valence-corrected chi connectivity index (χ3v) is 3.25. The number of hydrogen-bond acceptors (Lipinski definition) is 4. The standard InChI is InChI=1S/C12H16N2O3/c15-12(11-2-1-7-13-11)8-9-3-5-10(6-4-9)14(16)17/h3-5,10-11,13H,1-2,6-8H2/t10?,11-/m1/s1. The van der Waals surface area contributed by atoms with E-state index in [1.54, 1.807) is 18.2 Å². The number of ketones is 1. The molecule has 1 fully saturated rings. The van der Waals surface area contributed by atoms with Gasteiger partial charge in [0.15, 0.2) is 5.78 Å². The largest absolute Gasteiger partial charge is 0.307 e. The van der Waals surface area contributed by atoms with E-state index in [9.17, 15) is 14.9 Å². The molecule has 0 bridgehead atoms. The Balaban J connectivity index is 1.86. The first-order valence-corrected chi connectivity index (χ1v) is 5.93. The summed E-state index contributed by atoms with van der Waals surface area (Å²) in [6.07, 6.45) is 7.83. The highest BCUT2D eigenvalue weighted by Gasteiger charge is 2.24. The highest BCUT2D eigenvalue weighted by molar-refractivity contribution is 5.86. The van der Waals surface area contributed by atoms with E-state index in [1.807, 2.05) is 0 Å². The Kier molecular flexibility index (Phi) is 3.68. The summed E-state index contributed by atoms with van der Waals surface area (Å²) in [5.74, 6) is 0.193. The molecule has 0 aromatic carbocycles. The number of nitrogens with one attached hydrogen (secondary N) is 1. The second-order valence-electron chi connectivity index (χ2n) is 4.52. The molecule has 5 heteroatoms. The minimum atomic E-state index is -0.626. The summed E-state index contributed by atoms with van der Waals surface area (Å²) < 4.78 is 0. The Morgan fingerprint density at radius 2 is 2.41 bits per heavy atom. The van der Waals surface area contributed by atoms with Crippen molar-refractivity contribution in [2.24, 2.45) is 0 Å². The van der Waals surface area contributed by atoms with Gasteiger partial charge in [0.1, 0.15) is 0 Å². The Hall–Kier alpha value is -1.49. The third-order valence-electron chi connectivity index (χ3n) is 3.25. The number of hydrogen-bond donors (Lipinski definition) is 1. The summed E-state index contributed by atoms with van der Waals surface area (Å²) >= 11 is 0. The number of carbonyl (C=O) groups excluding carboxylic acids is 1. The summed E-state index contributed by atoms with van der Waals surface area (Å²) in [4.78, 5) is 22.1. The van der Waals surface area contributed by atoms with Crippen LogP contribution >= 0.6 is 0 Å². The number of Topliss-reactive ketones (excluding diaryl/α,β-unsaturated/α-hetero) is 1. The average Bonchev–Trinajstić information content (AvgIpc) is 2.83. The fourth-order valence-electron chi connectivity index (χ4n) is 2.22. The van der Waals surface area contributed by atoms with E-state index in [0.717, 1.165) is 25.0 Å². The SMILES string of the molecule is O=C(CC1=CCC([N+](=O)[O-])C=C1)[C@H]1CCCN1. The van der Waals surface area contributed by atoms with Crippen LogP contribution in [-0.2, 0) is 4.79 Å². The predicted molar refractivity (Wildman–Crippen MR) is 63.3 cm³/mol. The molecule has 1 aliphatic carbocycles. The molecule has 17 heavy (non-hydrogen) atoms. The predicted octanol–water partition coefficient (Wildman–Crippen LogP) is 1.23. The van der Waals surface area contributed by atoms with Crippen LogP contribution in [-0.4, -0.2) is 29.3 Å². The van der Waals surface area contributed by atoms with Crippen molar-refractivity contribution in [3.05, 3.63) is 33.9 Å². The maximum Gasteiger partial charge on any atom is 0.235 e. The van der Waals surface area contributed by atoms with Crippen molar-refractivity contribution >= 4 is 5.78 Å². The summed E-state index contributed by atoms with van der Waals surface area (Å²) in [6.45, 7) is 0.911. The first-order chi connectivity index (χ1) is 8.16. The van der Waals surface area contributed by atoms with Crippen LogP contribution in [0, 0.1) is 10.1 Å². The van der Waals surface area contributed by atoms with Crippen LogP contribution in [0.25, 0.3) is 0 Å². The maximum atomic E-state index is 11.9. The minimum absolute atomic E-state index is 0.0162. The van der Waals surface area contributed by atoms with Crippen molar-refractivity contribution in [2.75, 3.05) is 6.54 Å². The summed E-state index contributed by atoms with van der Waals surface area (Å²) in [5.41, 5.74) is 0.904. The van der Waals surface area contributed by atoms with E-state index in [-0.39, 0.29) is 16.7 Å². The van der Waals surface area contributed by atoms with E-state index >= 15 is 0 Å². The smallest absolute Gasteiger partial charge is 0.235 e. The number of nitro groups is 1. The lowest BCUT2D eigenvalue weighted by molar-refractivity contribution is -0.508. The van der Waals surface area contributed by atoms with E-state index < -0.39 is 6.04 Å². The first-order valence-electron chi connectivity index (χ1n) is 5.93. The average molecular weight is 236 g/mol. The zero-order valence-corrected chi connectivity index (χ0v) is 9.59. The van der Waals surface area contributed by atoms with Crippen LogP contribution < -0.4 is 5.32 Å². The third kappa shape index (κ3) is 3.00. The van der Waals surface area contributed by atoms with Crippen LogP contribution in [0.4, 0.5) is 0 Å². The molecule has 5 nitrogen and oxygen atoms in total. The zero-order chi connectivity index (χ0) is 12.3. The van der Waals surface area contributed by atoms with Crippen LogP contribution in [0.3, 0.4) is 0 Å². The quantitative estimate of drug-likeness (QED) is 0.588. The van der Waals surface area contributed by atoms with E-state index in [1.165, 1.54) is 0 Å². The van der Waals surface area contributed by atoms with Gasteiger partial charge in [-0.2, -0.15) is 0 Å². The summed E-state index contributed by atoms with van der Waals surface area (Å²) in [7, 11) is 0. The van der Waals surface area contributed by atoms with Gasteiger partial charge in [0.2, 0.25) is 6.04 Å². The zero-order valence-electron chi connectivity index (χ0n) is 9.59. The Bertz CT molecular complexity index is 381. The van der Waals surface area contributed by atoms with Gasteiger partial charge in [-0.3, -0.25) is 14.9 Å². The topological polar surface area (TPSA) is 72.2 Å². The van der Waals surface area contributed by atoms with Gasteiger partial charge in [-0.25, -0.2) is 0 Å². The van der Waals surface area contributed by atoms with Crippen molar-refractivity contribution in [1.29, 1.82) is 0 Å². The molecule has 0 amide bonds. The molecular formula is C12H16N2O3. The van der Waals surface area contributed by atoms with Crippen molar-refractivity contribution in [3.8, 4) is 0 Å². The highest BCUT2D eigenvalue weighted by atomic mass is 16.6. The van der Waals surface area contributed by atoms with Gasteiger partial charge >= 0.3 is 0 Å². The normalized spacial score (nSPS) is 27.9. The van der Waals surface area contributed by atoms with Crippen LogP contribution in [0.5, 0.6) is 0 Å². The second-order valence-corrected chi connectivity index (χ2v) is 4.52. The van der Waals surface area contributed by atoms with Crippen molar-refractivity contribution in [2.45, 2.75) is 37.8 Å². The lowest BCUT2D eigenvalue weighted by atomic mass is 9.97. The van der Waals surface area contributed by atoms with Gasteiger partial charge < -0.3 is 5.32 Å². The van der Waals surface area contributed by atoms with E-state index in [2.05, 4.69) is 5.32 Å². The van der Waals surface area contributed by atoms with Gasteiger partial charge in [0.25, 0.3) is 0 Å². The van der Waals surface area contributed by atoms with Gasteiger partial charge in [-0.05, 0) is 31.0 Å². The second kappa shape index (κ2) is 5.23. The lowest BCUT2D eigenvalue weighted by Crippen LogP contribution is -2.31. The molecule has 2 aliphatic rings. The van der Waals surface area contributed by atoms with Gasteiger partial charge in [-0.15, -0.1) is 0 Å². The molecule has 0 aromatic rings. The molecule has 0 spiro atoms. The fourth-order valence-corrected chi connectivity index (χ4v) is 2.22. The van der Waals surface area contributed by atoms with Crippen molar-refractivity contribution < 1.29 is 9.72 Å². The lowest BCUT2D eigenvalue weighted by Gasteiger charge is -2.12. The summed E-state index contributed by atoms with van der Waals surface area (Å²) in [5, 5.41) is 13.7.